The molecule has 33 heavy (non-hydrogen) atoms. The predicted molar refractivity (Wildman–Crippen MR) is 128 cm³/mol. The van der Waals surface area contributed by atoms with Crippen molar-refractivity contribution in [2.75, 3.05) is 39.5 Å². The predicted octanol–water partition coefficient (Wildman–Crippen LogP) is 6.04. The monoisotopic (exact) mass is 464 g/mol. The highest BCUT2D eigenvalue weighted by molar-refractivity contribution is 6.30. The number of nitrogens with zero attached hydrogens (tertiary/aromatic N) is 2. The molecule has 0 unspecified atom stereocenters. The Balaban J connectivity index is 1.23. The van der Waals surface area contributed by atoms with Crippen LogP contribution in [0.25, 0.3) is 22.6 Å². The van der Waals surface area contributed by atoms with Gasteiger partial charge in [-0.3, -0.25) is 4.90 Å². The third-order valence-corrected chi connectivity index (χ3v) is 5.73. The van der Waals surface area contributed by atoms with E-state index in [4.69, 9.17) is 30.2 Å². The van der Waals surface area contributed by atoms with Crippen LogP contribution in [0.2, 0.25) is 5.02 Å². The molecule has 3 aromatic carbocycles. The Bertz CT molecular complexity index is 1200. The summed E-state index contributed by atoms with van der Waals surface area (Å²) in [6, 6.07) is 20.7. The zero-order chi connectivity index (χ0) is 22.5. The van der Waals surface area contributed by atoms with Gasteiger partial charge in [-0.1, -0.05) is 17.7 Å². The molecule has 5 rings (SSSR count). The summed E-state index contributed by atoms with van der Waals surface area (Å²) in [7, 11) is 0. The minimum Gasteiger partial charge on any atom is -0.494 e. The Labute approximate surface area is 197 Å². The van der Waals surface area contributed by atoms with Crippen molar-refractivity contribution in [3.05, 3.63) is 71.8 Å². The lowest BCUT2D eigenvalue weighted by molar-refractivity contribution is 0.0358. The molecular weight excluding hydrogens is 440 g/mol. The smallest absolute Gasteiger partial charge is 0.227 e. The molecule has 0 N–H and O–H groups in total. The number of aromatic nitrogens is 1. The van der Waals surface area contributed by atoms with Crippen molar-refractivity contribution in [2.45, 2.75) is 6.42 Å². The van der Waals surface area contributed by atoms with Crippen molar-refractivity contribution in [3.8, 4) is 28.7 Å². The number of hydrogen-bond acceptors (Lipinski definition) is 6. The molecule has 0 spiro atoms. The molecular formula is C26H25ClN2O4. The summed E-state index contributed by atoms with van der Waals surface area (Å²) in [6.45, 7) is 5.33. The molecule has 1 fully saturated rings. The van der Waals surface area contributed by atoms with Crippen LogP contribution in [0.1, 0.15) is 6.42 Å². The van der Waals surface area contributed by atoms with Crippen molar-refractivity contribution in [2.24, 2.45) is 0 Å². The molecule has 1 aliphatic heterocycles. The summed E-state index contributed by atoms with van der Waals surface area (Å²) in [5.41, 5.74) is 2.30. The standard InChI is InChI=1S/C26H25ClN2O4/c27-20-5-7-21(8-6-20)32-23-9-10-24-25(18-23)33-26(28-24)19-3-1-4-22(17-19)31-14-2-11-29-12-15-30-16-13-29/h1,3-10,17-18H,2,11-16H2. The molecule has 2 heterocycles. The molecule has 170 valence electrons. The van der Waals surface area contributed by atoms with Crippen molar-refractivity contribution >= 4 is 22.7 Å². The largest absolute Gasteiger partial charge is 0.494 e. The number of oxazole rings is 1. The topological polar surface area (TPSA) is 57.0 Å². The fourth-order valence-electron chi connectivity index (χ4n) is 3.75. The fourth-order valence-corrected chi connectivity index (χ4v) is 3.88. The maximum atomic E-state index is 6.03. The summed E-state index contributed by atoms with van der Waals surface area (Å²) < 4.78 is 23.3. The number of morpholine rings is 1. The zero-order valence-electron chi connectivity index (χ0n) is 18.2. The first-order valence-corrected chi connectivity index (χ1v) is 11.5. The Morgan fingerprint density at radius 3 is 2.58 bits per heavy atom. The molecule has 6 nitrogen and oxygen atoms in total. The Morgan fingerprint density at radius 2 is 1.73 bits per heavy atom. The van der Waals surface area contributed by atoms with Gasteiger partial charge in [0, 0.05) is 36.3 Å². The van der Waals surface area contributed by atoms with Gasteiger partial charge in [-0.05, 0) is 61.0 Å². The quantitative estimate of drug-likeness (QED) is 0.296. The number of benzene rings is 3. The maximum Gasteiger partial charge on any atom is 0.227 e. The number of hydrogen-bond donors (Lipinski definition) is 0. The normalized spacial score (nSPS) is 14.5. The lowest BCUT2D eigenvalue weighted by Crippen LogP contribution is -2.37. The number of rotatable bonds is 8. The second-order valence-electron chi connectivity index (χ2n) is 7.89. The second-order valence-corrected chi connectivity index (χ2v) is 8.32. The number of ether oxygens (including phenoxy) is 3. The van der Waals surface area contributed by atoms with Gasteiger partial charge in [0.2, 0.25) is 5.89 Å². The van der Waals surface area contributed by atoms with Crippen LogP contribution in [-0.2, 0) is 4.74 Å². The van der Waals surface area contributed by atoms with Crippen molar-refractivity contribution in [1.29, 1.82) is 0 Å². The zero-order valence-corrected chi connectivity index (χ0v) is 19.0. The average Bonchev–Trinajstić information content (AvgIpc) is 3.28. The van der Waals surface area contributed by atoms with Crippen LogP contribution in [0.4, 0.5) is 0 Å². The first-order chi connectivity index (χ1) is 16.2. The van der Waals surface area contributed by atoms with Crippen molar-refractivity contribution < 1.29 is 18.6 Å². The number of fused-ring (bicyclic) bond motifs is 1. The first-order valence-electron chi connectivity index (χ1n) is 11.1. The maximum absolute atomic E-state index is 6.03. The van der Waals surface area contributed by atoms with E-state index in [1.807, 2.05) is 54.6 Å². The Morgan fingerprint density at radius 1 is 0.909 bits per heavy atom. The van der Waals surface area contributed by atoms with Gasteiger partial charge < -0.3 is 18.6 Å². The van der Waals surface area contributed by atoms with E-state index in [1.165, 1.54) is 0 Å². The minimum atomic E-state index is 0.549. The molecule has 1 aliphatic rings. The van der Waals surface area contributed by atoms with Gasteiger partial charge >= 0.3 is 0 Å². The van der Waals surface area contributed by atoms with Gasteiger partial charge in [-0.2, -0.15) is 0 Å². The molecule has 1 aromatic heterocycles. The summed E-state index contributed by atoms with van der Waals surface area (Å²) in [6.07, 6.45) is 0.976. The molecule has 0 radical (unpaired) electrons. The molecule has 0 amide bonds. The van der Waals surface area contributed by atoms with E-state index in [-0.39, 0.29) is 0 Å². The molecule has 7 heteroatoms. The third-order valence-electron chi connectivity index (χ3n) is 5.48. The van der Waals surface area contributed by atoms with E-state index in [9.17, 15) is 0 Å². The summed E-state index contributed by atoms with van der Waals surface area (Å²) >= 11 is 5.94. The van der Waals surface area contributed by atoms with E-state index in [0.29, 0.717) is 34.6 Å². The SMILES string of the molecule is Clc1ccc(Oc2ccc3nc(-c4cccc(OCCCN5CCOCC5)c4)oc3c2)cc1. The minimum absolute atomic E-state index is 0.549. The van der Waals surface area contributed by atoms with Crippen LogP contribution < -0.4 is 9.47 Å². The molecule has 1 saturated heterocycles. The van der Waals surface area contributed by atoms with Crippen LogP contribution >= 0.6 is 11.6 Å². The highest BCUT2D eigenvalue weighted by Crippen LogP contribution is 2.31. The first kappa shape index (κ1) is 21.8. The Hall–Kier alpha value is -3.06. The Kier molecular flexibility index (Phi) is 6.76. The molecule has 0 aliphatic carbocycles. The lowest BCUT2D eigenvalue weighted by Gasteiger charge is -2.26. The van der Waals surface area contributed by atoms with E-state index >= 15 is 0 Å². The molecule has 0 saturated carbocycles. The highest BCUT2D eigenvalue weighted by atomic mass is 35.5. The van der Waals surface area contributed by atoms with Gasteiger partial charge in [0.05, 0.1) is 19.8 Å². The van der Waals surface area contributed by atoms with Crippen molar-refractivity contribution in [1.82, 2.24) is 9.88 Å². The van der Waals surface area contributed by atoms with Crippen molar-refractivity contribution in [3.63, 3.8) is 0 Å². The number of halogens is 1. The van der Waals surface area contributed by atoms with Crippen LogP contribution in [0.5, 0.6) is 17.2 Å². The van der Waals surface area contributed by atoms with Crippen LogP contribution in [0.3, 0.4) is 0 Å². The average molecular weight is 465 g/mol. The van der Waals surface area contributed by atoms with Crippen LogP contribution in [-0.4, -0.2) is 49.3 Å². The van der Waals surface area contributed by atoms with E-state index in [2.05, 4.69) is 9.88 Å². The van der Waals surface area contributed by atoms with Gasteiger partial charge in [-0.15, -0.1) is 0 Å². The summed E-state index contributed by atoms with van der Waals surface area (Å²) in [5, 5.41) is 0.668. The van der Waals surface area contributed by atoms with Gasteiger partial charge in [0.25, 0.3) is 0 Å². The summed E-state index contributed by atoms with van der Waals surface area (Å²) in [4.78, 5) is 7.04. The highest BCUT2D eigenvalue weighted by Gasteiger charge is 2.12. The van der Waals surface area contributed by atoms with Gasteiger partial charge in [0.1, 0.15) is 22.8 Å². The summed E-state index contributed by atoms with van der Waals surface area (Å²) in [5.74, 6) is 2.73. The molecule has 0 atom stereocenters. The fraction of sp³-hybridized carbons (Fsp3) is 0.269. The lowest BCUT2D eigenvalue weighted by atomic mass is 10.2. The van der Waals surface area contributed by atoms with Crippen LogP contribution in [0, 0.1) is 0 Å². The van der Waals surface area contributed by atoms with Crippen LogP contribution in [0.15, 0.2) is 71.1 Å². The molecule has 0 bridgehead atoms. The second kappa shape index (κ2) is 10.3. The van der Waals surface area contributed by atoms with E-state index < -0.39 is 0 Å². The van der Waals surface area contributed by atoms with E-state index in [1.54, 1.807) is 12.1 Å². The molecule has 4 aromatic rings. The van der Waals surface area contributed by atoms with Gasteiger partial charge in [0.15, 0.2) is 5.58 Å². The van der Waals surface area contributed by atoms with E-state index in [0.717, 1.165) is 56.1 Å². The third kappa shape index (κ3) is 5.66. The van der Waals surface area contributed by atoms with Gasteiger partial charge in [-0.25, -0.2) is 4.98 Å².